The van der Waals surface area contributed by atoms with E-state index in [4.69, 9.17) is 16.2 Å². The summed E-state index contributed by atoms with van der Waals surface area (Å²) in [4.78, 5) is 0.958. The lowest BCUT2D eigenvalue weighted by Crippen LogP contribution is -2.22. The fraction of sp³-hybridized carbons (Fsp3) is 0.222. The number of amidine groups is 1. The predicted octanol–water partition coefficient (Wildman–Crippen LogP) is 2.20. The summed E-state index contributed by atoms with van der Waals surface area (Å²) in [6.07, 6.45) is 1.89. The Labute approximate surface area is 108 Å². The molecule has 0 aliphatic rings. The summed E-state index contributed by atoms with van der Waals surface area (Å²) < 4.78 is 1.73. The molecule has 82 valence electrons. The van der Waals surface area contributed by atoms with Crippen LogP contribution in [-0.4, -0.2) is 16.5 Å². The van der Waals surface area contributed by atoms with Gasteiger partial charge in [0.1, 0.15) is 6.26 Å². The second-order valence-electron chi connectivity index (χ2n) is 2.92. The second-order valence-corrected chi connectivity index (χ2v) is 6.50. The molecule has 3 nitrogen and oxygen atoms in total. The number of nitrogens with two attached hydrogens (primary N) is 1. The number of halogens is 2. The molecule has 15 heavy (non-hydrogen) atoms. The monoisotopic (exact) mass is 353 g/mol. The molecule has 0 radical (unpaired) electrons. The van der Waals surface area contributed by atoms with Crippen LogP contribution in [0, 0.1) is 5.41 Å². The Balaban J connectivity index is 3.25. The van der Waals surface area contributed by atoms with E-state index in [0.29, 0.717) is 0 Å². The van der Waals surface area contributed by atoms with Crippen molar-refractivity contribution in [2.75, 3.05) is 6.26 Å². The van der Waals surface area contributed by atoms with Crippen molar-refractivity contribution >= 4 is 47.9 Å². The highest BCUT2D eigenvalue weighted by Crippen LogP contribution is 2.32. The molecule has 0 aliphatic heterocycles. The van der Waals surface area contributed by atoms with Gasteiger partial charge in [0.05, 0.1) is 26.4 Å². The van der Waals surface area contributed by atoms with Gasteiger partial charge in [-0.05, 0) is 49.6 Å². The van der Waals surface area contributed by atoms with Crippen LogP contribution in [-0.2, 0) is 17.5 Å². The van der Waals surface area contributed by atoms with Crippen LogP contribution in [0.5, 0.6) is 0 Å². The van der Waals surface area contributed by atoms with E-state index in [9.17, 15) is 0 Å². The number of aliphatic hydroxyl groups excluding tert-OH is 1. The van der Waals surface area contributed by atoms with E-state index in [0.717, 1.165) is 19.4 Å². The summed E-state index contributed by atoms with van der Waals surface area (Å²) in [5.41, 5.74) is 6.30. The first-order valence-corrected chi connectivity index (χ1v) is 7.28. The van der Waals surface area contributed by atoms with E-state index in [2.05, 4.69) is 31.9 Å². The van der Waals surface area contributed by atoms with Crippen LogP contribution < -0.4 is 5.73 Å². The van der Waals surface area contributed by atoms with Gasteiger partial charge in [-0.3, -0.25) is 0 Å². The van der Waals surface area contributed by atoms with Gasteiger partial charge in [0.15, 0.2) is 4.90 Å². The molecule has 1 atom stereocenters. The molecule has 1 aromatic carbocycles. The Morgan fingerprint density at radius 2 is 1.93 bits per heavy atom. The van der Waals surface area contributed by atoms with Crippen molar-refractivity contribution in [1.82, 2.24) is 0 Å². The minimum Gasteiger partial charge on any atom is -0.392 e. The van der Waals surface area contributed by atoms with Crippen LogP contribution in [0.2, 0.25) is 0 Å². The summed E-state index contributed by atoms with van der Waals surface area (Å²) in [5, 5.41) is 16.6. The van der Waals surface area contributed by atoms with E-state index >= 15 is 0 Å². The van der Waals surface area contributed by atoms with Gasteiger partial charge in [-0.1, -0.05) is 0 Å². The smallest absolute Gasteiger partial charge is 0.314 e. The molecular formula is C9H11Br2N2OS+. The average molecular weight is 355 g/mol. The van der Waals surface area contributed by atoms with Crippen LogP contribution in [0.25, 0.3) is 0 Å². The quantitative estimate of drug-likeness (QED) is 0.433. The fourth-order valence-corrected chi connectivity index (χ4v) is 4.77. The van der Waals surface area contributed by atoms with Crippen molar-refractivity contribution in [3.05, 3.63) is 26.6 Å². The van der Waals surface area contributed by atoms with Gasteiger partial charge >= 0.3 is 5.17 Å². The summed E-state index contributed by atoms with van der Waals surface area (Å²) in [6.45, 7) is -0.00492. The zero-order chi connectivity index (χ0) is 11.6. The molecule has 0 spiro atoms. The Bertz CT molecular complexity index is 375. The molecule has 0 aromatic heterocycles. The lowest BCUT2D eigenvalue weighted by atomic mass is 10.2. The van der Waals surface area contributed by atoms with Crippen LogP contribution in [0.15, 0.2) is 26.0 Å². The van der Waals surface area contributed by atoms with Gasteiger partial charge in [-0.25, -0.2) is 5.41 Å². The predicted molar refractivity (Wildman–Crippen MR) is 71.2 cm³/mol. The fourth-order valence-electron chi connectivity index (χ4n) is 1.11. The minimum absolute atomic E-state index is 0.00492. The Kier molecular flexibility index (Phi) is 4.64. The third kappa shape index (κ3) is 2.96. The summed E-state index contributed by atoms with van der Waals surface area (Å²) in [6, 6.07) is 3.68. The lowest BCUT2D eigenvalue weighted by molar-refractivity contribution is 0.281. The number of aliphatic hydroxyl groups is 1. The molecule has 6 heteroatoms. The lowest BCUT2D eigenvalue weighted by Gasteiger charge is -2.06. The van der Waals surface area contributed by atoms with Crippen LogP contribution in [0.4, 0.5) is 0 Å². The molecule has 0 amide bonds. The number of hydrogen-bond acceptors (Lipinski definition) is 2. The first kappa shape index (κ1) is 13.0. The standard InChI is InChI=1S/C9H11Br2N2OS/c1-15(9(12)13)8-6(10)2-5(4-14)3-7(8)11/h2-3,14H,4H2,1H3,(H3,12,13)/q+1. The molecule has 0 fully saturated rings. The van der Waals surface area contributed by atoms with Gasteiger partial charge in [0.25, 0.3) is 0 Å². The van der Waals surface area contributed by atoms with Crippen LogP contribution >= 0.6 is 31.9 Å². The topological polar surface area (TPSA) is 70.1 Å². The van der Waals surface area contributed by atoms with E-state index in [1.54, 1.807) is 0 Å². The summed E-state index contributed by atoms with van der Waals surface area (Å²) in [7, 11) is -0.433. The van der Waals surface area contributed by atoms with Gasteiger partial charge in [-0.15, -0.1) is 0 Å². The van der Waals surface area contributed by atoms with E-state index in [1.807, 2.05) is 18.4 Å². The maximum Gasteiger partial charge on any atom is 0.314 e. The molecule has 4 N–H and O–H groups in total. The zero-order valence-electron chi connectivity index (χ0n) is 8.05. The largest absolute Gasteiger partial charge is 0.392 e. The van der Waals surface area contributed by atoms with E-state index in [-0.39, 0.29) is 11.8 Å². The molecular weight excluding hydrogens is 344 g/mol. The summed E-state index contributed by atoms with van der Waals surface area (Å²) >= 11 is 6.84. The van der Waals surface area contributed by atoms with Gasteiger partial charge < -0.3 is 10.8 Å². The van der Waals surface area contributed by atoms with Crippen molar-refractivity contribution in [2.45, 2.75) is 11.5 Å². The number of nitrogens with one attached hydrogen (secondary N) is 1. The maximum absolute atomic E-state index is 9.02. The normalized spacial score (nSPS) is 12.5. The van der Waals surface area contributed by atoms with Crippen molar-refractivity contribution in [1.29, 1.82) is 5.41 Å². The first-order chi connectivity index (χ1) is 6.97. The van der Waals surface area contributed by atoms with Gasteiger partial charge in [0, 0.05) is 0 Å². The van der Waals surface area contributed by atoms with Crippen molar-refractivity contribution < 1.29 is 5.11 Å². The van der Waals surface area contributed by atoms with Crippen molar-refractivity contribution in [2.24, 2.45) is 5.73 Å². The number of hydrogen-bond donors (Lipinski definition) is 3. The number of rotatable bonds is 2. The van der Waals surface area contributed by atoms with E-state index < -0.39 is 10.9 Å². The highest BCUT2D eigenvalue weighted by molar-refractivity contribution is 9.11. The zero-order valence-corrected chi connectivity index (χ0v) is 12.0. The summed E-state index contributed by atoms with van der Waals surface area (Å²) in [5.74, 6) is 0. The maximum atomic E-state index is 9.02. The van der Waals surface area contributed by atoms with Crippen LogP contribution in [0.3, 0.4) is 0 Å². The van der Waals surface area contributed by atoms with Crippen molar-refractivity contribution in [3.63, 3.8) is 0 Å². The highest BCUT2D eigenvalue weighted by atomic mass is 79.9. The number of benzene rings is 1. The Hall–Kier alpha value is -0.0400. The van der Waals surface area contributed by atoms with Gasteiger partial charge in [0.2, 0.25) is 0 Å². The average Bonchev–Trinajstić information content (AvgIpc) is 2.16. The third-order valence-electron chi connectivity index (χ3n) is 1.88. The Morgan fingerprint density at radius 1 is 1.47 bits per heavy atom. The second kappa shape index (κ2) is 5.34. The minimum atomic E-state index is -0.433. The van der Waals surface area contributed by atoms with Crippen molar-refractivity contribution in [3.8, 4) is 0 Å². The molecule has 0 heterocycles. The molecule has 1 aromatic rings. The molecule has 1 rings (SSSR count). The van der Waals surface area contributed by atoms with E-state index in [1.165, 1.54) is 0 Å². The first-order valence-electron chi connectivity index (χ1n) is 4.06. The molecule has 0 aliphatic carbocycles. The molecule has 0 saturated heterocycles. The molecule has 0 saturated carbocycles. The Morgan fingerprint density at radius 3 is 2.27 bits per heavy atom. The SMILES string of the molecule is C[S+](C(=N)N)c1c(Br)cc(CO)cc1Br. The van der Waals surface area contributed by atoms with Crippen LogP contribution in [0.1, 0.15) is 5.56 Å². The van der Waals surface area contributed by atoms with Gasteiger partial charge in [-0.2, -0.15) is 0 Å². The molecule has 1 unspecified atom stereocenters. The third-order valence-corrected chi connectivity index (χ3v) is 5.36. The molecule has 0 bridgehead atoms. The highest BCUT2D eigenvalue weighted by Gasteiger charge is 2.26.